The van der Waals surface area contributed by atoms with E-state index in [1.54, 1.807) is 12.1 Å². The number of nitrogens with zero attached hydrogens (tertiary/aromatic N) is 2. The largest absolute Gasteiger partial charge is 0.314 e. The summed E-state index contributed by atoms with van der Waals surface area (Å²) >= 11 is 0. The lowest BCUT2D eigenvalue weighted by Gasteiger charge is -2.26. The second kappa shape index (κ2) is 6.11. The van der Waals surface area contributed by atoms with Gasteiger partial charge >= 0.3 is 0 Å². The minimum Gasteiger partial charge on any atom is -0.314 e. The van der Waals surface area contributed by atoms with E-state index in [0.29, 0.717) is 0 Å². The molecule has 1 aliphatic rings. The number of pyridine rings is 1. The first-order chi connectivity index (χ1) is 9.81. The minimum absolute atomic E-state index is 0.205. The van der Waals surface area contributed by atoms with Gasteiger partial charge in [0.25, 0.3) is 0 Å². The summed E-state index contributed by atoms with van der Waals surface area (Å²) in [6, 6.07) is 10.7. The van der Waals surface area contributed by atoms with E-state index in [2.05, 4.69) is 21.3 Å². The van der Waals surface area contributed by atoms with Crippen LogP contribution in [0.15, 0.2) is 42.6 Å². The Morgan fingerprint density at radius 1 is 1.05 bits per heavy atom. The molecule has 20 heavy (non-hydrogen) atoms. The summed E-state index contributed by atoms with van der Waals surface area (Å²) in [5.41, 5.74) is 3.18. The number of piperazine rings is 1. The van der Waals surface area contributed by atoms with Gasteiger partial charge in [-0.3, -0.25) is 9.88 Å². The van der Waals surface area contributed by atoms with E-state index in [0.717, 1.165) is 49.5 Å². The molecule has 4 heteroatoms. The Hall–Kier alpha value is -1.78. The molecule has 0 spiro atoms. The van der Waals surface area contributed by atoms with Crippen molar-refractivity contribution in [3.05, 3.63) is 54.1 Å². The van der Waals surface area contributed by atoms with Crippen molar-refractivity contribution in [2.24, 2.45) is 0 Å². The first-order valence-corrected chi connectivity index (χ1v) is 6.95. The lowest BCUT2D eigenvalue weighted by Crippen LogP contribution is -2.43. The molecular weight excluding hydrogens is 253 g/mol. The predicted octanol–water partition coefficient (Wildman–Crippen LogP) is 2.29. The van der Waals surface area contributed by atoms with Crippen LogP contribution in [0.5, 0.6) is 0 Å². The molecule has 2 aromatic rings. The fourth-order valence-electron chi connectivity index (χ4n) is 2.48. The van der Waals surface area contributed by atoms with Crippen LogP contribution in [-0.2, 0) is 6.54 Å². The van der Waals surface area contributed by atoms with Crippen LogP contribution in [-0.4, -0.2) is 36.1 Å². The Morgan fingerprint density at radius 3 is 2.55 bits per heavy atom. The van der Waals surface area contributed by atoms with Crippen LogP contribution in [0.4, 0.5) is 4.39 Å². The van der Waals surface area contributed by atoms with Gasteiger partial charge < -0.3 is 5.32 Å². The van der Waals surface area contributed by atoms with Gasteiger partial charge in [-0.2, -0.15) is 0 Å². The number of hydrogen-bond acceptors (Lipinski definition) is 3. The van der Waals surface area contributed by atoms with Crippen LogP contribution in [0.1, 0.15) is 5.69 Å². The third-order valence-electron chi connectivity index (χ3n) is 3.59. The van der Waals surface area contributed by atoms with Gasteiger partial charge in [0.1, 0.15) is 5.82 Å². The Kier molecular flexibility index (Phi) is 4.04. The maximum atomic E-state index is 13.0. The zero-order valence-electron chi connectivity index (χ0n) is 11.3. The van der Waals surface area contributed by atoms with Gasteiger partial charge in [0.15, 0.2) is 0 Å². The lowest BCUT2D eigenvalue weighted by molar-refractivity contribution is 0.231. The summed E-state index contributed by atoms with van der Waals surface area (Å²) in [4.78, 5) is 6.84. The summed E-state index contributed by atoms with van der Waals surface area (Å²) in [6.07, 6.45) is 1.83. The van der Waals surface area contributed by atoms with Crippen LogP contribution in [0.2, 0.25) is 0 Å². The minimum atomic E-state index is -0.205. The molecule has 3 rings (SSSR count). The highest BCUT2D eigenvalue weighted by Gasteiger charge is 2.11. The fourth-order valence-corrected chi connectivity index (χ4v) is 2.48. The zero-order chi connectivity index (χ0) is 13.8. The topological polar surface area (TPSA) is 28.2 Å². The highest BCUT2D eigenvalue weighted by molar-refractivity contribution is 5.63. The van der Waals surface area contributed by atoms with Crippen molar-refractivity contribution in [1.29, 1.82) is 0 Å². The SMILES string of the molecule is Fc1ccc(-c2ccnc(CN3CCNCC3)c2)cc1. The fraction of sp³-hybridized carbons (Fsp3) is 0.312. The van der Waals surface area contributed by atoms with Crippen LogP contribution in [0, 0.1) is 5.82 Å². The Balaban J connectivity index is 1.76. The average molecular weight is 271 g/mol. The molecule has 0 bridgehead atoms. The normalized spacial score (nSPS) is 16.2. The van der Waals surface area contributed by atoms with E-state index in [9.17, 15) is 4.39 Å². The molecule has 0 saturated carbocycles. The number of aromatic nitrogens is 1. The number of nitrogens with one attached hydrogen (secondary N) is 1. The Labute approximate surface area is 118 Å². The molecule has 1 N–H and O–H groups in total. The van der Waals surface area contributed by atoms with Crippen molar-refractivity contribution in [2.45, 2.75) is 6.54 Å². The molecule has 104 valence electrons. The van der Waals surface area contributed by atoms with Crippen molar-refractivity contribution in [3.8, 4) is 11.1 Å². The van der Waals surface area contributed by atoms with Crippen LogP contribution in [0.3, 0.4) is 0 Å². The average Bonchev–Trinajstić information content (AvgIpc) is 2.49. The second-order valence-corrected chi connectivity index (χ2v) is 5.07. The molecule has 1 saturated heterocycles. The van der Waals surface area contributed by atoms with Gasteiger partial charge in [-0.1, -0.05) is 12.1 Å². The molecule has 0 amide bonds. The molecule has 1 fully saturated rings. The summed E-state index contributed by atoms with van der Waals surface area (Å²) in [5, 5.41) is 3.35. The molecule has 0 unspecified atom stereocenters. The van der Waals surface area contributed by atoms with Gasteiger partial charge in [0.2, 0.25) is 0 Å². The third kappa shape index (κ3) is 3.21. The highest BCUT2D eigenvalue weighted by atomic mass is 19.1. The van der Waals surface area contributed by atoms with E-state index in [4.69, 9.17) is 0 Å². The summed E-state index contributed by atoms with van der Waals surface area (Å²) in [6.45, 7) is 5.07. The summed E-state index contributed by atoms with van der Waals surface area (Å²) in [5.74, 6) is -0.205. The molecule has 1 aromatic heterocycles. The van der Waals surface area contributed by atoms with Crippen molar-refractivity contribution >= 4 is 0 Å². The van der Waals surface area contributed by atoms with E-state index in [1.165, 1.54) is 12.1 Å². The molecular formula is C16H18FN3. The summed E-state index contributed by atoms with van der Waals surface area (Å²) < 4.78 is 13.0. The van der Waals surface area contributed by atoms with Crippen LogP contribution >= 0.6 is 0 Å². The number of benzene rings is 1. The van der Waals surface area contributed by atoms with Gasteiger partial charge in [-0.25, -0.2) is 4.39 Å². The Bertz CT molecular complexity index is 562. The predicted molar refractivity (Wildman–Crippen MR) is 77.8 cm³/mol. The lowest BCUT2D eigenvalue weighted by atomic mass is 10.1. The quantitative estimate of drug-likeness (QED) is 0.928. The monoisotopic (exact) mass is 271 g/mol. The molecule has 2 heterocycles. The van der Waals surface area contributed by atoms with Crippen LogP contribution < -0.4 is 5.32 Å². The van der Waals surface area contributed by atoms with Gasteiger partial charge in [-0.05, 0) is 35.4 Å². The number of halogens is 1. The first-order valence-electron chi connectivity index (χ1n) is 6.95. The zero-order valence-corrected chi connectivity index (χ0v) is 11.3. The molecule has 0 aliphatic carbocycles. The van der Waals surface area contributed by atoms with E-state index < -0.39 is 0 Å². The van der Waals surface area contributed by atoms with E-state index in [-0.39, 0.29) is 5.82 Å². The van der Waals surface area contributed by atoms with Gasteiger partial charge in [0, 0.05) is 38.9 Å². The van der Waals surface area contributed by atoms with Crippen molar-refractivity contribution in [1.82, 2.24) is 15.2 Å². The molecule has 0 atom stereocenters. The van der Waals surface area contributed by atoms with Gasteiger partial charge in [0.05, 0.1) is 5.69 Å². The van der Waals surface area contributed by atoms with E-state index in [1.807, 2.05) is 12.3 Å². The molecule has 1 aliphatic heterocycles. The molecule has 1 aromatic carbocycles. The van der Waals surface area contributed by atoms with Crippen molar-refractivity contribution in [3.63, 3.8) is 0 Å². The first kappa shape index (κ1) is 13.2. The third-order valence-corrected chi connectivity index (χ3v) is 3.59. The molecule has 3 nitrogen and oxygen atoms in total. The Morgan fingerprint density at radius 2 is 1.80 bits per heavy atom. The van der Waals surface area contributed by atoms with Gasteiger partial charge in [-0.15, -0.1) is 0 Å². The maximum Gasteiger partial charge on any atom is 0.123 e. The highest BCUT2D eigenvalue weighted by Crippen LogP contribution is 2.20. The molecule has 0 radical (unpaired) electrons. The van der Waals surface area contributed by atoms with Crippen molar-refractivity contribution < 1.29 is 4.39 Å². The standard InChI is InChI=1S/C16H18FN3/c17-15-3-1-13(2-4-15)14-5-6-19-16(11-14)12-20-9-7-18-8-10-20/h1-6,11,18H,7-10,12H2. The van der Waals surface area contributed by atoms with Crippen LogP contribution in [0.25, 0.3) is 11.1 Å². The van der Waals surface area contributed by atoms with E-state index >= 15 is 0 Å². The number of hydrogen-bond donors (Lipinski definition) is 1. The second-order valence-electron chi connectivity index (χ2n) is 5.07. The van der Waals surface area contributed by atoms with Crippen molar-refractivity contribution in [2.75, 3.05) is 26.2 Å². The summed E-state index contributed by atoms with van der Waals surface area (Å²) in [7, 11) is 0. The number of rotatable bonds is 3. The maximum absolute atomic E-state index is 13.0. The smallest absolute Gasteiger partial charge is 0.123 e.